The highest BCUT2D eigenvalue weighted by Crippen LogP contribution is 2.28. The lowest BCUT2D eigenvalue weighted by molar-refractivity contribution is -0.906. The van der Waals surface area contributed by atoms with E-state index in [2.05, 4.69) is 5.32 Å². The number of ether oxygens (including phenoxy) is 1. The third-order valence-corrected chi connectivity index (χ3v) is 5.35. The van der Waals surface area contributed by atoms with Gasteiger partial charge in [0.1, 0.15) is 13.1 Å². The van der Waals surface area contributed by atoms with E-state index in [9.17, 15) is 9.59 Å². The van der Waals surface area contributed by atoms with E-state index < -0.39 is 0 Å². The minimum Gasteiger partial charge on any atom is -0.370 e. The van der Waals surface area contributed by atoms with Crippen molar-refractivity contribution in [3.05, 3.63) is 28.8 Å². The van der Waals surface area contributed by atoms with E-state index in [0.29, 0.717) is 18.1 Å². The van der Waals surface area contributed by atoms with Crippen LogP contribution in [0.4, 0.5) is 5.69 Å². The second-order valence-corrected chi connectivity index (χ2v) is 7.15. The number of quaternary nitrogens is 1. The van der Waals surface area contributed by atoms with Crippen molar-refractivity contribution in [1.29, 1.82) is 0 Å². The number of hydrogen-bond donors (Lipinski definition) is 2. The van der Waals surface area contributed by atoms with Gasteiger partial charge in [0.15, 0.2) is 0 Å². The van der Waals surface area contributed by atoms with E-state index in [1.807, 2.05) is 19.1 Å². The van der Waals surface area contributed by atoms with Crippen LogP contribution in [0.2, 0.25) is 5.02 Å². The number of benzene rings is 1. The second-order valence-electron chi connectivity index (χ2n) is 6.74. The molecule has 136 valence electrons. The molecule has 6 nitrogen and oxygen atoms in total. The van der Waals surface area contributed by atoms with Crippen molar-refractivity contribution in [2.24, 2.45) is 5.92 Å². The number of hydrogen-bond acceptors (Lipinski definition) is 3. The van der Waals surface area contributed by atoms with Gasteiger partial charge >= 0.3 is 0 Å². The van der Waals surface area contributed by atoms with E-state index in [1.165, 1.54) is 4.90 Å². The minimum atomic E-state index is -0.299. The fourth-order valence-electron chi connectivity index (χ4n) is 3.30. The molecule has 0 bridgehead atoms. The summed E-state index contributed by atoms with van der Waals surface area (Å²) in [5, 5.41) is 3.61. The zero-order valence-corrected chi connectivity index (χ0v) is 15.3. The summed E-state index contributed by atoms with van der Waals surface area (Å²) in [6.45, 7) is 7.41. The molecule has 0 aromatic heterocycles. The van der Waals surface area contributed by atoms with Gasteiger partial charge in [-0.25, -0.2) is 0 Å². The van der Waals surface area contributed by atoms with Crippen molar-refractivity contribution < 1.29 is 19.2 Å². The molecular weight excluding hydrogens is 342 g/mol. The van der Waals surface area contributed by atoms with Crippen LogP contribution in [0.1, 0.15) is 12.0 Å². The minimum absolute atomic E-state index is 0.0288. The summed E-state index contributed by atoms with van der Waals surface area (Å²) in [6.07, 6.45) is 0.252. The fourth-order valence-corrected chi connectivity index (χ4v) is 3.47. The summed E-state index contributed by atoms with van der Waals surface area (Å²) in [6, 6.07) is 5.56. The number of morpholine rings is 1. The monoisotopic (exact) mass is 366 g/mol. The summed E-state index contributed by atoms with van der Waals surface area (Å²) < 4.78 is 5.33. The topological polar surface area (TPSA) is 63.1 Å². The summed E-state index contributed by atoms with van der Waals surface area (Å²) in [5.74, 6) is -0.368. The van der Waals surface area contributed by atoms with Crippen molar-refractivity contribution >= 4 is 29.1 Å². The number of nitrogens with zero attached hydrogens (tertiary/aromatic N) is 1. The molecule has 0 radical (unpaired) electrons. The average molecular weight is 367 g/mol. The molecule has 1 aromatic carbocycles. The first-order valence-electron chi connectivity index (χ1n) is 8.80. The molecule has 2 amide bonds. The third kappa shape index (κ3) is 4.51. The summed E-state index contributed by atoms with van der Waals surface area (Å²) in [7, 11) is 0. The molecule has 2 N–H and O–H groups in total. The molecule has 0 spiro atoms. The maximum Gasteiger partial charge on any atom is 0.227 e. The van der Waals surface area contributed by atoms with Gasteiger partial charge in [-0.15, -0.1) is 0 Å². The van der Waals surface area contributed by atoms with E-state index in [1.54, 1.807) is 11.0 Å². The van der Waals surface area contributed by atoms with E-state index in [-0.39, 0.29) is 24.2 Å². The van der Waals surface area contributed by atoms with Crippen LogP contribution in [0.3, 0.4) is 0 Å². The number of rotatable bonds is 5. The Bertz CT molecular complexity index is 646. The highest BCUT2D eigenvalue weighted by Gasteiger charge is 2.35. The van der Waals surface area contributed by atoms with Gasteiger partial charge in [0.2, 0.25) is 11.8 Å². The van der Waals surface area contributed by atoms with Crippen LogP contribution in [-0.4, -0.2) is 57.8 Å². The SMILES string of the molecule is Cc1ccc(N2C[C@@H](C(=O)NCC[NH+]3CCOCC3)CC2=O)cc1Cl. The van der Waals surface area contributed by atoms with Crippen molar-refractivity contribution in [3.8, 4) is 0 Å². The van der Waals surface area contributed by atoms with Crippen LogP contribution in [0.25, 0.3) is 0 Å². The fraction of sp³-hybridized carbons (Fsp3) is 0.556. The summed E-state index contributed by atoms with van der Waals surface area (Å²) >= 11 is 6.15. The van der Waals surface area contributed by atoms with Crippen LogP contribution < -0.4 is 15.1 Å². The lowest BCUT2D eigenvalue weighted by Gasteiger charge is -2.24. The Morgan fingerprint density at radius 2 is 2.16 bits per heavy atom. The molecule has 3 rings (SSSR count). The van der Waals surface area contributed by atoms with Crippen LogP contribution in [-0.2, 0) is 14.3 Å². The van der Waals surface area contributed by atoms with Gasteiger partial charge < -0.3 is 19.9 Å². The van der Waals surface area contributed by atoms with Crippen LogP contribution in [0.5, 0.6) is 0 Å². The normalized spacial score (nSPS) is 21.6. The molecule has 2 saturated heterocycles. The van der Waals surface area contributed by atoms with Gasteiger partial charge in [0.25, 0.3) is 0 Å². The standard InChI is InChI=1S/C18H24ClN3O3/c1-13-2-3-15(11-16(13)19)22-12-14(10-17(22)23)18(24)20-4-5-21-6-8-25-9-7-21/h2-3,11,14H,4-10,12H2,1H3,(H,20,24)/p+1/t14-/m0/s1. The Kier molecular flexibility index (Phi) is 5.93. The smallest absolute Gasteiger partial charge is 0.227 e. The summed E-state index contributed by atoms with van der Waals surface area (Å²) in [5.41, 5.74) is 1.73. The largest absolute Gasteiger partial charge is 0.370 e. The first kappa shape index (κ1) is 18.2. The molecule has 1 aromatic rings. The molecule has 0 aliphatic carbocycles. The molecule has 0 unspecified atom stereocenters. The van der Waals surface area contributed by atoms with Gasteiger partial charge in [0.05, 0.1) is 32.2 Å². The molecule has 2 aliphatic heterocycles. The highest BCUT2D eigenvalue weighted by atomic mass is 35.5. The Labute approximate surface area is 153 Å². The van der Waals surface area contributed by atoms with E-state index >= 15 is 0 Å². The predicted octanol–water partition coefficient (Wildman–Crippen LogP) is 0.0326. The Balaban J connectivity index is 1.50. The molecule has 2 aliphatic rings. The van der Waals surface area contributed by atoms with Gasteiger partial charge in [0, 0.05) is 23.7 Å². The molecule has 2 heterocycles. The number of carbonyl (C=O) groups is 2. The first-order chi connectivity index (χ1) is 12.0. The predicted molar refractivity (Wildman–Crippen MR) is 96.0 cm³/mol. The lowest BCUT2D eigenvalue weighted by atomic mass is 10.1. The number of aryl methyl sites for hydroxylation is 1. The van der Waals surface area contributed by atoms with Crippen LogP contribution in [0, 0.1) is 12.8 Å². The average Bonchev–Trinajstić information content (AvgIpc) is 3.00. The first-order valence-corrected chi connectivity index (χ1v) is 9.18. The van der Waals surface area contributed by atoms with Crippen LogP contribution >= 0.6 is 11.6 Å². The lowest BCUT2D eigenvalue weighted by Crippen LogP contribution is -3.14. The van der Waals surface area contributed by atoms with Gasteiger partial charge in [-0.1, -0.05) is 17.7 Å². The molecule has 1 atom stereocenters. The Morgan fingerprint density at radius 1 is 1.40 bits per heavy atom. The number of anilines is 1. The van der Waals surface area contributed by atoms with Crippen molar-refractivity contribution in [2.75, 3.05) is 50.8 Å². The maximum absolute atomic E-state index is 12.4. The van der Waals surface area contributed by atoms with Crippen LogP contribution in [0.15, 0.2) is 18.2 Å². The van der Waals surface area contributed by atoms with E-state index in [4.69, 9.17) is 16.3 Å². The number of amides is 2. The third-order valence-electron chi connectivity index (χ3n) is 4.94. The number of halogens is 1. The molecule has 2 fully saturated rings. The molecular formula is C18H25ClN3O3+. The quantitative estimate of drug-likeness (QED) is 0.773. The Hall–Kier alpha value is -1.63. The van der Waals surface area contributed by atoms with Crippen molar-refractivity contribution in [3.63, 3.8) is 0 Å². The number of carbonyl (C=O) groups excluding carboxylic acids is 2. The van der Waals surface area contributed by atoms with Crippen molar-refractivity contribution in [1.82, 2.24) is 5.32 Å². The molecule has 0 saturated carbocycles. The van der Waals surface area contributed by atoms with Gasteiger partial charge in [-0.2, -0.15) is 0 Å². The second kappa shape index (κ2) is 8.17. The molecule has 25 heavy (non-hydrogen) atoms. The summed E-state index contributed by atoms with van der Waals surface area (Å²) in [4.78, 5) is 27.8. The Morgan fingerprint density at radius 3 is 2.88 bits per heavy atom. The highest BCUT2D eigenvalue weighted by molar-refractivity contribution is 6.31. The number of nitrogens with one attached hydrogen (secondary N) is 2. The van der Waals surface area contributed by atoms with Gasteiger partial charge in [-0.3, -0.25) is 9.59 Å². The van der Waals surface area contributed by atoms with Crippen molar-refractivity contribution in [2.45, 2.75) is 13.3 Å². The molecule has 7 heteroatoms. The zero-order valence-electron chi connectivity index (χ0n) is 14.5. The van der Waals surface area contributed by atoms with E-state index in [0.717, 1.165) is 44.1 Å². The maximum atomic E-state index is 12.4. The van der Waals surface area contributed by atoms with Gasteiger partial charge in [-0.05, 0) is 24.6 Å². The zero-order chi connectivity index (χ0) is 17.8.